The van der Waals surface area contributed by atoms with Crippen LogP contribution in [0.2, 0.25) is 0 Å². The number of carbonyl (C=O) groups is 2. The van der Waals surface area contributed by atoms with E-state index in [9.17, 15) is 14.7 Å². The number of aliphatic carboxylic acids is 1. The monoisotopic (exact) mass is 292 g/mol. The maximum Gasteiger partial charge on any atom is 0.326 e. The SMILES string of the molecule is Cn1cncc1C(=O)N1CC2(CCNCC2)C[C@@H]1C(=O)O. The quantitative estimate of drug-likeness (QED) is 0.806. The summed E-state index contributed by atoms with van der Waals surface area (Å²) >= 11 is 0. The number of amides is 1. The lowest BCUT2D eigenvalue weighted by atomic mass is 9.77. The van der Waals surface area contributed by atoms with Gasteiger partial charge in [0.15, 0.2) is 0 Å². The molecule has 0 unspecified atom stereocenters. The number of imidazole rings is 1. The standard InChI is InChI=1S/C14H20N4O3/c1-17-9-16-7-11(17)12(19)18-8-14(2-4-15-5-3-14)6-10(18)13(20)21/h7,9-10,15H,2-6,8H2,1H3,(H,20,21)/t10-/m1/s1. The molecule has 7 nitrogen and oxygen atoms in total. The fourth-order valence-electron chi connectivity index (χ4n) is 3.52. The summed E-state index contributed by atoms with van der Waals surface area (Å²) in [7, 11) is 1.74. The highest BCUT2D eigenvalue weighted by molar-refractivity contribution is 5.95. The second-order valence-corrected chi connectivity index (χ2v) is 6.13. The zero-order valence-electron chi connectivity index (χ0n) is 12.1. The van der Waals surface area contributed by atoms with Crippen molar-refractivity contribution in [3.63, 3.8) is 0 Å². The van der Waals surface area contributed by atoms with Crippen LogP contribution in [0.15, 0.2) is 12.5 Å². The maximum absolute atomic E-state index is 12.7. The molecule has 1 spiro atoms. The molecular formula is C14H20N4O3. The molecule has 21 heavy (non-hydrogen) atoms. The van der Waals surface area contributed by atoms with Gasteiger partial charge in [0.05, 0.1) is 12.5 Å². The minimum atomic E-state index is -0.916. The molecule has 2 aliphatic heterocycles. The molecule has 0 aromatic carbocycles. The van der Waals surface area contributed by atoms with E-state index in [-0.39, 0.29) is 11.3 Å². The molecule has 1 amide bonds. The zero-order valence-corrected chi connectivity index (χ0v) is 12.1. The Bertz CT molecular complexity index is 562. The molecule has 3 heterocycles. The fraction of sp³-hybridized carbons (Fsp3) is 0.643. The first-order chi connectivity index (χ1) is 10.0. The molecule has 0 aliphatic carbocycles. The van der Waals surface area contributed by atoms with Crippen molar-refractivity contribution in [2.45, 2.75) is 25.3 Å². The second-order valence-electron chi connectivity index (χ2n) is 6.13. The van der Waals surface area contributed by atoms with Crippen LogP contribution in [0.25, 0.3) is 0 Å². The number of hydrogen-bond acceptors (Lipinski definition) is 4. The molecule has 1 aromatic rings. The first-order valence-electron chi connectivity index (χ1n) is 7.23. The van der Waals surface area contributed by atoms with Crippen molar-refractivity contribution >= 4 is 11.9 Å². The molecule has 2 aliphatic rings. The Balaban J connectivity index is 1.87. The van der Waals surface area contributed by atoms with Crippen LogP contribution in [0.4, 0.5) is 0 Å². The van der Waals surface area contributed by atoms with Gasteiger partial charge in [-0.05, 0) is 37.8 Å². The van der Waals surface area contributed by atoms with E-state index in [1.54, 1.807) is 17.9 Å². The molecule has 114 valence electrons. The number of piperidine rings is 1. The van der Waals surface area contributed by atoms with E-state index in [0.717, 1.165) is 25.9 Å². The van der Waals surface area contributed by atoms with E-state index in [1.165, 1.54) is 11.1 Å². The van der Waals surface area contributed by atoms with Crippen LogP contribution in [0.5, 0.6) is 0 Å². The third-order valence-electron chi connectivity index (χ3n) is 4.75. The van der Waals surface area contributed by atoms with Gasteiger partial charge in [-0.25, -0.2) is 9.78 Å². The highest BCUT2D eigenvalue weighted by atomic mass is 16.4. The summed E-state index contributed by atoms with van der Waals surface area (Å²) in [5, 5.41) is 12.8. The van der Waals surface area contributed by atoms with E-state index in [4.69, 9.17) is 0 Å². The average Bonchev–Trinajstić information content (AvgIpc) is 3.04. The number of carboxylic acid groups (broad SMARTS) is 1. The number of nitrogens with zero attached hydrogens (tertiary/aromatic N) is 3. The van der Waals surface area contributed by atoms with Crippen LogP contribution in [0, 0.1) is 5.41 Å². The molecule has 2 N–H and O–H groups in total. The Labute approximate surface area is 122 Å². The zero-order chi connectivity index (χ0) is 15.0. The number of hydrogen-bond donors (Lipinski definition) is 2. The third-order valence-corrected chi connectivity index (χ3v) is 4.75. The van der Waals surface area contributed by atoms with Crippen LogP contribution >= 0.6 is 0 Å². The first-order valence-corrected chi connectivity index (χ1v) is 7.23. The van der Waals surface area contributed by atoms with Gasteiger partial charge in [0, 0.05) is 13.6 Å². The minimum absolute atomic E-state index is 0.0530. The van der Waals surface area contributed by atoms with Gasteiger partial charge in [-0.2, -0.15) is 0 Å². The van der Waals surface area contributed by atoms with Gasteiger partial charge in [0.2, 0.25) is 0 Å². The third kappa shape index (κ3) is 2.42. The molecule has 3 rings (SSSR count). The van der Waals surface area contributed by atoms with Crippen molar-refractivity contribution in [2.24, 2.45) is 12.5 Å². The van der Waals surface area contributed by atoms with Gasteiger partial charge in [0.25, 0.3) is 5.91 Å². The van der Waals surface area contributed by atoms with Gasteiger partial charge in [-0.15, -0.1) is 0 Å². The van der Waals surface area contributed by atoms with E-state index in [0.29, 0.717) is 18.7 Å². The van der Waals surface area contributed by atoms with Gasteiger partial charge in [0.1, 0.15) is 11.7 Å². The molecule has 0 radical (unpaired) electrons. The van der Waals surface area contributed by atoms with Gasteiger partial charge >= 0.3 is 5.97 Å². The Morgan fingerprint density at radius 1 is 1.43 bits per heavy atom. The van der Waals surface area contributed by atoms with Gasteiger partial charge in [-0.3, -0.25) is 4.79 Å². The Morgan fingerprint density at radius 3 is 2.71 bits per heavy atom. The van der Waals surface area contributed by atoms with Crippen molar-refractivity contribution in [3.8, 4) is 0 Å². The molecule has 7 heteroatoms. The summed E-state index contributed by atoms with van der Waals surface area (Å²) in [6.07, 6.45) is 5.44. The van der Waals surface area contributed by atoms with Crippen molar-refractivity contribution in [3.05, 3.63) is 18.2 Å². The van der Waals surface area contributed by atoms with Gasteiger partial charge < -0.3 is 19.9 Å². The normalized spacial score (nSPS) is 24.4. The largest absolute Gasteiger partial charge is 0.480 e. The second kappa shape index (κ2) is 5.14. The lowest BCUT2D eigenvalue weighted by molar-refractivity contribution is -0.141. The van der Waals surface area contributed by atoms with Crippen molar-refractivity contribution in [1.82, 2.24) is 19.8 Å². The number of aryl methyl sites for hydroxylation is 1. The smallest absolute Gasteiger partial charge is 0.326 e. The predicted octanol–water partition coefficient (Wildman–Crippen LogP) is 0.0890. The molecule has 1 atom stereocenters. The molecule has 2 saturated heterocycles. The number of carbonyl (C=O) groups excluding carboxylic acids is 1. The summed E-state index contributed by atoms with van der Waals surface area (Å²) in [5.74, 6) is -1.15. The summed E-state index contributed by atoms with van der Waals surface area (Å²) in [6, 6.07) is -0.731. The maximum atomic E-state index is 12.7. The molecule has 1 aromatic heterocycles. The van der Waals surface area contributed by atoms with Crippen LogP contribution < -0.4 is 5.32 Å². The fourth-order valence-corrected chi connectivity index (χ4v) is 3.52. The molecule has 2 fully saturated rings. The molecule has 0 bridgehead atoms. The summed E-state index contributed by atoms with van der Waals surface area (Å²) < 4.78 is 1.63. The lowest BCUT2D eigenvalue weighted by Crippen LogP contribution is -2.42. The first kappa shape index (κ1) is 14.1. The summed E-state index contributed by atoms with van der Waals surface area (Å²) in [4.78, 5) is 29.7. The Morgan fingerprint density at radius 2 is 2.14 bits per heavy atom. The van der Waals surface area contributed by atoms with E-state index < -0.39 is 12.0 Å². The Hall–Kier alpha value is -1.89. The topological polar surface area (TPSA) is 87.5 Å². The predicted molar refractivity (Wildman–Crippen MR) is 74.8 cm³/mol. The highest BCUT2D eigenvalue weighted by Crippen LogP contribution is 2.42. The number of rotatable bonds is 2. The Kier molecular flexibility index (Phi) is 3.44. The molecule has 0 saturated carbocycles. The number of aromatic nitrogens is 2. The van der Waals surface area contributed by atoms with E-state index >= 15 is 0 Å². The van der Waals surface area contributed by atoms with Crippen LogP contribution in [0.1, 0.15) is 29.8 Å². The van der Waals surface area contributed by atoms with Crippen molar-refractivity contribution < 1.29 is 14.7 Å². The number of carboxylic acids is 1. The highest BCUT2D eigenvalue weighted by Gasteiger charge is 2.49. The van der Waals surface area contributed by atoms with Gasteiger partial charge in [-0.1, -0.05) is 0 Å². The summed E-state index contributed by atoms with van der Waals surface area (Å²) in [5.41, 5.74) is 0.384. The lowest BCUT2D eigenvalue weighted by Gasteiger charge is -2.33. The number of nitrogens with one attached hydrogen (secondary N) is 1. The van der Waals surface area contributed by atoms with Crippen LogP contribution in [-0.4, -0.2) is 57.1 Å². The average molecular weight is 292 g/mol. The van der Waals surface area contributed by atoms with Crippen LogP contribution in [0.3, 0.4) is 0 Å². The van der Waals surface area contributed by atoms with Crippen molar-refractivity contribution in [1.29, 1.82) is 0 Å². The minimum Gasteiger partial charge on any atom is -0.480 e. The van der Waals surface area contributed by atoms with E-state index in [2.05, 4.69) is 10.3 Å². The summed E-state index contributed by atoms with van der Waals surface area (Å²) in [6.45, 7) is 2.30. The van der Waals surface area contributed by atoms with Crippen molar-refractivity contribution in [2.75, 3.05) is 19.6 Å². The van der Waals surface area contributed by atoms with Crippen LogP contribution in [-0.2, 0) is 11.8 Å². The van der Waals surface area contributed by atoms with E-state index in [1.807, 2.05) is 0 Å². The number of likely N-dealkylation sites (tertiary alicyclic amines) is 1. The molecular weight excluding hydrogens is 272 g/mol.